The third-order valence-corrected chi connectivity index (χ3v) is 5.80. The highest BCUT2D eigenvalue weighted by Gasteiger charge is 2.25. The number of benzene rings is 2. The monoisotopic (exact) mass is 413 g/mol. The highest BCUT2D eigenvalue weighted by molar-refractivity contribution is 5.58. The predicted octanol–water partition coefficient (Wildman–Crippen LogP) is 2.45. The van der Waals surface area contributed by atoms with E-state index in [-0.39, 0.29) is 5.41 Å². The summed E-state index contributed by atoms with van der Waals surface area (Å²) >= 11 is 0. The number of aliphatic hydroxyl groups excluding tert-OH is 1. The fraction of sp³-hybridized carbons (Fsp3) is 0.520. The maximum Gasteiger partial charge on any atom is 0.142 e. The molecule has 0 unspecified atom stereocenters. The van der Waals surface area contributed by atoms with Gasteiger partial charge in [-0.1, -0.05) is 50.6 Å². The molecule has 1 saturated heterocycles. The summed E-state index contributed by atoms with van der Waals surface area (Å²) in [6.07, 6.45) is -0.480. The molecule has 5 nitrogen and oxygen atoms in total. The molecule has 2 aromatic carbocycles. The Bertz CT molecular complexity index is 823. The van der Waals surface area contributed by atoms with Crippen LogP contribution in [0.15, 0.2) is 42.5 Å². The number of quaternary nitrogens is 1. The minimum atomic E-state index is -0.480. The number of hydrogen-bond donors (Lipinski definition) is 2. The molecule has 1 heterocycles. The lowest BCUT2D eigenvalue weighted by Gasteiger charge is -2.35. The summed E-state index contributed by atoms with van der Waals surface area (Å²) in [6.45, 7) is 13.6. The number of hydrogen-bond acceptors (Lipinski definition) is 4. The van der Waals surface area contributed by atoms with Crippen LogP contribution in [0.4, 0.5) is 5.69 Å². The molecule has 2 N–H and O–H groups in total. The molecule has 164 valence electrons. The Balaban J connectivity index is 1.51. The average molecular weight is 414 g/mol. The van der Waals surface area contributed by atoms with Crippen molar-refractivity contribution in [2.45, 2.75) is 39.2 Å². The molecular formula is C25H37N2O3+. The van der Waals surface area contributed by atoms with Crippen LogP contribution in [-0.2, 0) is 5.41 Å². The molecule has 0 radical (unpaired) electrons. The van der Waals surface area contributed by atoms with Crippen molar-refractivity contribution in [3.63, 3.8) is 0 Å². The summed E-state index contributed by atoms with van der Waals surface area (Å²) in [4.78, 5) is 3.78. The van der Waals surface area contributed by atoms with E-state index in [1.807, 2.05) is 18.2 Å². The summed E-state index contributed by atoms with van der Waals surface area (Å²) in [7, 11) is 1.72. The van der Waals surface area contributed by atoms with Gasteiger partial charge in [0, 0.05) is 0 Å². The van der Waals surface area contributed by atoms with Crippen LogP contribution in [0, 0.1) is 6.92 Å². The van der Waals surface area contributed by atoms with Crippen LogP contribution in [0.3, 0.4) is 0 Å². The van der Waals surface area contributed by atoms with Crippen molar-refractivity contribution in [1.82, 2.24) is 0 Å². The molecule has 1 aliphatic heterocycles. The van der Waals surface area contributed by atoms with Gasteiger partial charge < -0.3 is 24.4 Å². The Morgan fingerprint density at radius 2 is 1.77 bits per heavy atom. The van der Waals surface area contributed by atoms with E-state index >= 15 is 0 Å². The van der Waals surface area contributed by atoms with Gasteiger partial charge in [-0.15, -0.1) is 0 Å². The molecule has 5 heteroatoms. The summed E-state index contributed by atoms with van der Waals surface area (Å²) in [6, 6.07) is 14.5. The molecule has 1 fully saturated rings. The second-order valence-corrected chi connectivity index (χ2v) is 9.33. The van der Waals surface area contributed by atoms with E-state index in [9.17, 15) is 5.11 Å². The molecule has 0 spiro atoms. The van der Waals surface area contributed by atoms with Crippen LogP contribution in [0.2, 0.25) is 0 Å². The van der Waals surface area contributed by atoms with Crippen molar-refractivity contribution >= 4 is 5.69 Å². The first kappa shape index (κ1) is 22.4. The Morgan fingerprint density at radius 3 is 2.43 bits per heavy atom. The Morgan fingerprint density at radius 1 is 1.07 bits per heavy atom. The normalized spacial score (nSPS) is 16.4. The van der Waals surface area contributed by atoms with E-state index < -0.39 is 6.10 Å². The van der Waals surface area contributed by atoms with Gasteiger partial charge in [-0.25, -0.2) is 0 Å². The van der Waals surface area contributed by atoms with E-state index in [2.05, 4.69) is 56.9 Å². The van der Waals surface area contributed by atoms with Gasteiger partial charge in [-0.3, -0.25) is 0 Å². The van der Waals surface area contributed by atoms with Gasteiger partial charge in [0.25, 0.3) is 0 Å². The first-order valence-corrected chi connectivity index (χ1v) is 10.9. The second-order valence-electron chi connectivity index (χ2n) is 9.33. The summed E-state index contributed by atoms with van der Waals surface area (Å²) < 4.78 is 11.6. The molecule has 30 heavy (non-hydrogen) atoms. The van der Waals surface area contributed by atoms with Crippen molar-refractivity contribution in [1.29, 1.82) is 0 Å². The van der Waals surface area contributed by atoms with E-state index in [0.717, 1.165) is 43.4 Å². The van der Waals surface area contributed by atoms with Gasteiger partial charge >= 0.3 is 0 Å². The van der Waals surface area contributed by atoms with Crippen LogP contribution in [0.1, 0.15) is 31.9 Å². The molecule has 1 aliphatic rings. The van der Waals surface area contributed by atoms with E-state index in [1.54, 1.807) is 7.11 Å². The van der Waals surface area contributed by atoms with Crippen molar-refractivity contribution in [3.8, 4) is 11.5 Å². The molecule has 0 bridgehead atoms. The lowest BCUT2D eigenvalue weighted by Crippen LogP contribution is -3.16. The zero-order valence-electron chi connectivity index (χ0n) is 19.1. The van der Waals surface area contributed by atoms with Gasteiger partial charge in [0.1, 0.15) is 30.8 Å². The molecule has 2 aromatic rings. The molecule has 0 aromatic heterocycles. The number of nitrogens with one attached hydrogen (secondary N) is 1. The number of aryl methyl sites for hydroxylation is 1. The molecule has 0 amide bonds. The lowest BCUT2D eigenvalue weighted by molar-refractivity contribution is -0.903. The predicted molar refractivity (Wildman–Crippen MR) is 122 cm³/mol. The number of rotatable bonds is 7. The number of aliphatic hydroxyl groups is 1. The number of anilines is 1. The van der Waals surface area contributed by atoms with Crippen molar-refractivity contribution in [3.05, 3.63) is 53.6 Å². The van der Waals surface area contributed by atoms with Gasteiger partial charge in [-0.05, 0) is 36.1 Å². The van der Waals surface area contributed by atoms with E-state index in [0.29, 0.717) is 13.2 Å². The van der Waals surface area contributed by atoms with Crippen molar-refractivity contribution < 1.29 is 19.5 Å². The average Bonchev–Trinajstić information content (AvgIpc) is 2.72. The topological polar surface area (TPSA) is 46.4 Å². The summed E-state index contributed by atoms with van der Waals surface area (Å²) in [5, 5.41) is 10.6. The van der Waals surface area contributed by atoms with Crippen LogP contribution in [-0.4, -0.2) is 57.7 Å². The smallest absolute Gasteiger partial charge is 0.142 e. The van der Waals surface area contributed by atoms with Crippen molar-refractivity contribution in [2.24, 2.45) is 0 Å². The molecule has 3 rings (SSSR count). The summed E-state index contributed by atoms with van der Waals surface area (Å²) in [5.41, 5.74) is 3.57. The van der Waals surface area contributed by atoms with Gasteiger partial charge in [0.15, 0.2) is 0 Å². The van der Waals surface area contributed by atoms with Crippen LogP contribution < -0.4 is 19.3 Å². The minimum absolute atomic E-state index is 0.00633. The Labute approximate surface area is 181 Å². The largest absolute Gasteiger partial charge is 0.495 e. The lowest BCUT2D eigenvalue weighted by atomic mass is 9.85. The maximum atomic E-state index is 10.6. The fourth-order valence-corrected chi connectivity index (χ4v) is 4.09. The Kier molecular flexibility index (Phi) is 7.27. The molecule has 0 aliphatic carbocycles. The van der Waals surface area contributed by atoms with Crippen molar-refractivity contribution in [2.75, 3.05) is 51.3 Å². The third-order valence-electron chi connectivity index (χ3n) is 5.80. The number of nitrogens with zero attached hydrogens (tertiary/aromatic N) is 1. The number of methoxy groups -OCH3 is 1. The molecular weight excluding hydrogens is 376 g/mol. The Hall–Kier alpha value is -2.24. The maximum absolute atomic E-state index is 10.6. The standard InChI is InChI=1S/C25H36N2O3/c1-19-10-11-23(21(16-19)25(2,3)4)30-18-20(28)17-26-12-14-27(15-13-26)22-8-6-7-9-24(22)29-5/h6-11,16,20,28H,12-15,17-18H2,1-5H3/p+1/t20-/m0/s1. The number of para-hydroxylation sites is 2. The highest BCUT2D eigenvalue weighted by atomic mass is 16.5. The number of piperazine rings is 1. The third kappa shape index (κ3) is 5.67. The van der Waals surface area contributed by atoms with Crippen LogP contribution in [0.5, 0.6) is 11.5 Å². The van der Waals surface area contributed by atoms with Crippen LogP contribution in [0.25, 0.3) is 0 Å². The van der Waals surface area contributed by atoms with E-state index in [4.69, 9.17) is 9.47 Å². The first-order chi connectivity index (χ1) is 14.3. The zero-order chi connectivity index (χ0) is 21.7. The second kappa shape index (κ2) is 9.71. The molecule has 1 atom stereocenters. The van der Waals surface area contributed by atoms with E-state index in [1.165, 1.54) is 16.0 Å². The van der Waals surface area contributed by atoms with Gasteiger partial charge in [0.2, 0.25) is 0 Å². The first-order valence-electron chi connectivity index (χ1n) is 10.9. The zero-order valence-corrected chi connectivity index (χ0v) is 19.1. The van der Waals surface area contributed by atoms with Gasteiger partial charge in [0.05, 0.1) is 39.0 Å². The highest BCUT2D eigenvalue weighted by Crippen LogP contribution is 2.32. The summed E-state index contributed by atoms with van der Waals surface area (Å²) in [5.74, 6) is 1.80. The quantitative estimate of drug-likeness (QED) is 0.732. The minimum Gasteiger partial charge on any atom is -0.495 e. The SMILES string of the molecule is COc1ccccc1N1CC[NH+](C[C@H](O)COc2ccc(C)cc2C(C)(C)C)CC1. The molecule has 0 saturated carbocycles. The van der Waals surface area contributed by atoms with Crippen LogP contribution >= 0.6 is 0 Å². The fourth-order valence-electron chi connectivity index (χ4n) is 4.09. The van der Waals surface area contributed by atoms with Gasteiger partial charge in [-0.2, -0.15) is 0 Å². The number of ether oxygens (including phenoxy) is 2.